The molecule has 0 spiro atoms. The molecule has 1 aliphatic heterocycles. The number of hydrogen-bond donors (Lipinski definition) is 2. The van der Waals surface area contributed by atoms with E-state index in [9.17, 15) is 39.0 Å². The summed E-state index contributed by atoms with van der Waals surface area (Å²) in [7, 11) is 1.10. The Bertz CT molecular complexity index is 1620. The zero-order chi connectivity index (χ0) is 36.9. The van der Waals surface area contributed by atoms with Gasteiger partial charge in [-0.2, -0.15) is 0 Å². The van der Waals surface area contributed by atoms with Gasteiger partial charge in [0.25, 0.3) is 0 Å². The third-order valence-corrected chi connectivity index (χ3v) is 13.0. The number of ether oxygens (including phenoxy) is 6. The Hall–Kier alpha value is -3.98. The summed E-state index contributed by atoms with van der Waals surface area (Å²) in [6.07, 6.45) is -4.92. The molecule has 2 heterocycles. The van der Waals surface area contributed by atoms with Crippen molar-refractivity contribution in [3.05, 3.63) is 24.2 Å². The van der Waals surface area contributed by atoms with E-state index < -0.39 is 124 Å². The van der Waals surface area contributed by atoms with E-state index in [0.29, 0.717) is 5.56 Å². The van der Waals surface area contributed by atoms with Crippen LogP contribution in [-0.4, -0.2) is 88.8 Å². The maximum atomic E-state index is 13.7. The summed E-state index contributed by atoms with van der Waals surface area (Å²) in [6.45, 7) is 9.73. The van der Waals surface area contributed by atoms with E-state index in [-0.39, 0.29) is 12.8 Å². The summed E-state index contributed by atoms with van der Waals surface area (Å²) in [6, 6.07) is 1.58. The highest BCUT2D eigenvalue weighted by Gasteiger charge is 2.91. The fourth-order valence-corrected chi connectivity index (χ4v) is 11.8. The molecule has 1 aromatic heterocycles. The fourth-order valence-electron chi connectivity index (χ4n) is 11.8. The molecule has 0 unspecified atom stereocenters. The highest BCUT2D eigenvalue weighted by Crippen LogP contribution is 2.82. The van der Waals surface area contributed by atoms with Crippen molar-refractivity contribution in [2.75, 3.05) is 7.11 Å². The molecule has 0 amide bonds. The summed E-state index contributed by atoms with van der Waals surface area (Å²) in [5.41, 5.74) is -7.89. The van der Waals surface area contributed by atoms with Crippen LogP contribution in [0.15, 0.2) is 23.0 Å². The van der Waals surface area contributed by atoms with Gasteiger partial charge in [0.2, 0.25) is 0 Å². The topological polar surface area (TPSA) is 211 Å². The molecule has 0 radical (unpaired) electrons. The van der Waals surface area contributed by atoms with E-state index in [0.717, 1.165) is 21.0 Å². The average Bonchev–Trinajstić information content (AvgIpc) is 3.67. The largest absolute Gasteiger partial charge is 0.472 e. The van der Waals surface area contributed by atoms with Gasteiger partial charge in [-0.1, -0.05) is 20.8 Å². The Balaban J connectivity index is 1.71. The highest BCUT2D eigenvalue weighted by molar-refractivity contribution is 5.76. The molecule has 2 N–H and O–H groups in total. The van der Waals surface area contributed by atoms with E-state index in [1.165, 1.54) is 26.4 Å². The lowest BCUT2D eigenvalue weighted by Gasteiger charge is -2.73. The number of fused-ring (bicyclic) bond motifs is 5. The molecule has 2 bridgehead atoms. The second kappa shape index (κ2) is 11.5. The standard InChI is InChI=1S/C35H44O15/c1-15(36)46-22-11-21-33(7)26(25(41)30(42)44-8)31(5)14-34(33,50-18(4)39)24(28(31)47-16(2)37)29(48-17(3)38)35(21,43)20-12-23(40)49-27(32(20,22)6)19-9-10-45-13-19/h9-10,13,20-22,24-29,41,43H,11-12,14H2,1-8H3/t20-,21-,22+,24-,25-,26+,27+,28-,29-,31-,32+,33-,34+,35+/m1/s1. The normalized spacial score (nSPS) is 44.5. The van der Waals surface area contributed by atoms with Crippen LogP contribution >= 0.6 is 0 Å². The van der Waals surface area contributed by atoms with Crippen LogP contribution in [0.2, 0.25) is 0 Å². The van der Waals surface area contributed by atoms with Crippen LogP contribution in [0.25, 0.3) is 0 Å². The van der Waals surface area contributed by atoms with Crippen molar-refractivity contribution < 1.29 is 71.8 Å². The molecule has 5 aliphatic rings. The summed E-state index contributed by atoms with van der Waals surface area (Å²) in [5, 5.41) is 25.6. The van der Waals surface area contributed by atoms with Gasteiger partial charge in [0.05, 0.1) is 37.4 Å². The SMILES string of the molecule is COC(=O)[C@H](O)[C@H]1[C@@]2(C)C[C@]3(OC(C)=O)[C@H]([C@H]2OC(C)=O)[C@@H](OC(C)=O)[C@]2(O)[C@@H]4CC(=O)O[C@@H](c5ccoc5)[C@]4(C)[C@@H](OC(C)=O)C[C@@H]2[C@]13C. The minimum Gasteiger partial charge on any atom is -0.472 e. The molecule has 15 heteroatoms. The number of furan rings is 1. The van der Waals surface area contributed by atoms with E-state index in [1.807, 2.05) is 0 Å². The molecule has 274 valence electrons. The Morgan fingerprint density at radius 2 is 1.54 bits per heavy atom. The maximum Gasteiger partial charge on any atom is 0.335 e. The third kappa shape index (κ3) is 4.47. The number of esters is 6. The van der Waals surface area contributed by atoms with E-state index >= 15 is 0 Å². The van der Waals surface area contributed by atoms with E-state index in [1.54, 1.807) is 26.8 Å². The molecule has 1 saturated heterocycles. The van der Waals surface area contributed by atoms with Crippen molar-refractivity contribution in [3.8, 4) is 0 Å². The minimum absolute atomic E-state index is 0.0817. The van der Waals surface area contributed by atoms with Crippen LogP contribution in [0, 0.1) is 39.9 Å². The summed E-state index contributed by atoms with van der Waals surface area (Å²) in [5.74, 6) is -9.62. The number of carbonyl (C=O) groups excluding carboxylic acids is 6. The zero-order valence-corrected chi connectivity index (χ0v) is 29.3. The van der Waals surface area contributed by atoms with Crippen LogP contribution in [0.1, 0.15) is 79.4 Å². The van der Waals surface area contributed by atoms with Gasteiger partial charge in [-0.05, 0) is 18.9 Å². The maximum absolute atomic E-state index is 13.7. The van der Waals surface area contributed by atoms with Crippen molar-refractivity contribution >= 4 is 35.8 Å². The molecule has 5 fully saturated rings. The smallest absolute Gasteiger partial charge is 0.335 e. The van der Waals surface area contributed by atoms with E-state index in [4.69, 9.17) is 32.8 Å². The van der Waals surface area contributed by atoms with Crippen molar-refractivity contribution in [2.45, 2.75) is 109 Å². The van der Waals surface area contributed by atoms with Crippen molar-refractivity contribution in [1.82, 2.24) is 0 Å². The predicted octanol–water partition coefficient (Wildman–Crippen LogP) is 1.95. The quantitative estimate of drug-likeness (QED) is 0.307. The van der Waals surface area contributed by atoms with Gasteiger partial charge in [0, 0.05) is 61.8 Å². The minimum atomic E-state index is -2.24. The first-order chi connectivity index (χ1) is 23.2. The fraction of sp³-hybridized carbons (Fsp3) is 0.714. The van der Waals surface area contributed by atoms with Gasteiger partial charge in [-0.15, -0.1) is 0 Å². The Morgan fingerprint density at radius 1 is 0.920 bits per heavy atom. The summed E-state index contributed by atoms with van der Waals surface area (Å²) in [4.78, 5) is 78.7. The molecule has 4 aliphatic carbocycles. The lowest BCUT2D eigenvalue weighted by molar-refractivity contribution is -0.369. The second-order valence-electron chi connectivity index (χ2n) is 15.3. The van der Waals surface area contributed by atoms with Crippen molar-refractivity contribution in [1.29, 1.82) is 0 Å². The van der Waals surface area contributed by atoms with Gasteiger partial charge in [0.15, 0.2) is 6.10 Å². The average molecular weight is 705 g/mol. The third-order valence-electron chi connectivity index (χ3n) is 13.0. The van der Waals surface area contributed by atoms with E-state index in [2.05, 4.69) is 0 Å². The molecule has 6 rings (SSSR count). The zero-order valence-electron chi connectivity index (χ0n) is 29.3. The number of carbonyl (C=O) groups is 6. The summed E-state index contributed by atoms with van der Waals surface area (Å²) >= 11 is 0. The second-order valence-corrected chi connectivity index (χ2v) is 15.3. The first-order valence-electron chi connectivity index (χ1n) is 16.7. The molecule has 0 aromatic carbocycles. The van der Waals surface area contributed by atoms with Crippen LogP contribution in [-0.2, 0) is 57.2 Å². The highest BCUT2D eigenvalue weighted by atomic mass is 16.6. The molecule has 50 heavy (non-hydrogen) atoms. The number of aliphatic hydroxyl groups excluding tert-OH is 1. The molecule has 14 atom stereocenters. The number of hydrogen-bond acceptors (Lipinski definition) is 15. The van der Waals surface area contributed by atoms with Gasteiger partial charge < -0.3 is 43.1 Å². The Labute approximate surface area is 288 Å². The lowest BCUT2D eigenvalue weighted by Crippen LogP contribution is -2.83. The Kier molecular flexibility index (Phi) is 8.26. The van der Waals surface area contributed by atoms with Crippen molar-refractivity contribution in [3.63, 3.8) is 0 Å². The molecule has 15 nitrogen and oxygen atoms in total. The van der Waals surface area contributed by atoms with Gasteiger partial charge in [-0.25, -0.2) is 4.79 Å². The summed E-state index contributed by atoms with van der Waals surface area (Å²) < 4.78 is 40.7. The van der Waals surface area contributed by atoms with Crippen molar-refractivity contribution in [2.24, 2.45) is 39.9 Å². The van der Waals surface area contributed by atoms with Gasteiger partial charge in [-0.3, -0.25) is 24.0 Å². The number of aliphatic hydroxyl groups is 2. The first-order valence-corrected chi connectivity index (χ1v) is 16.7. The van der Waals surface area contributed by atoms with Crippen LogP contribution < -0.4 is 0 Å². The number of rotatable bonds is 7. The monoisotopic (exact) mass is 704 g/mol. The van der Waals surface area contributed by atoms with Gasteiger partial charge >= 0.3 is 35.8 Å². The van der Waals surface area contributed by atoms with Crippen LogP contribution in [0.4, 0.5) is 0 Å². The number of methoxy groups -OCH3 is 1. The van der Waals surface area contributed by atoms with Gasteiger partial charge in [0.1, 0.15) is 35.6 Å². The molecule has 1 aromatic rings. The lowest BCUT2D eigenvalue weighted by atomic mass is 9.35. The van der Waals surface area contributed by atoms with Crippen LogP contribution in [0.3, 0.4) is 0 Å². The molecular weight excluding hydrogens is 660 g/mol. The molecule has 4 saturated carbocycles. The molecular formula is C35H44O15. The first kappa shape index (κ1) is 35.8. The Morgan fingerprint density at radius 3 is 2.08 bits per heavy atom. The number of cyclic esters (lactones) is 1. The predicted molar refractivity (Wildman–Crippen MR) is 164 cm³/mol. The van der Waals surface area contributed by atoms with Crippen LogP contribution in [0.5, 0.6) is 0 Å².